The number of carbonyl (C=O) groups excluding carboxylic acids is 3. The van der Waals surface area contributed by atoms with Crippen LogP contribution in [0.25, 0.3) is 0 Å². The molecule has 0 bridgehead atoms. The Morgan fingerprint density at radius 3 is 2.39 bits per heavy atom. The van der Waals surface area contributed by atoms with Crippen LogP contribution in [0.15, 0.2) is 66.7 Å². The monoisotopic (exact) mass is 509 g/mol. The zero-order valence-corrected chi connectivity index (χ0v) is 21.2. The van der Waals surface area contributed by atoms with E-state index in [0.29, 0.717) is 23.6 Å². The molecule has 8 heteroatoms. The average molecular weight is 510 g/mol. The van der Waals surface area contributed by atoms with Crippen LogP contribution in [0.3, 0.4) is 0 Å². The fourth-order valence-corrected chi connectivity index (χ4v) is 5.84. The van der Waals surface area contributed by atoms with Crippen molar-refractivity contribution in [1.82, 2.24) is 10.2 Å². The molecule has 190 valence electrons. The van der Waals surface area contributed by atoms with Crippen molar-refractivity contribution in [2.45, 2.75) is 31.8 Å². The van der Waals surface area contributed by atoms with Gasteiger partial charge in [-0.1, -0.05) is 73.1 Å². The zero-order chi connectivity index (χ0) is 25.8. The van der Waals surface area contributed by atoms with E-state index >= 15 is 0 Å². The first-order valence-corrected chi connectivity index (χ1v) is 12.7. The third-order valence-corrected chi connectivity index (χ3v) is 7.72. The summed E-state index contributed by atoms with van der Waals surface area (Å²) in [6, 6.07) is 14.9. The van der Waals surface area contributed by atoms with Gasteiger partial charge >= 0.3 is 0 Å². The summed E-state index contributed by atoms with van der Waals surface area (Å²) in [5, 5.41) is 16.4. The number of rotatable bonds is 8. The number of hydrogen-bond donors (Lipinski definition) is 3. The summed E-state index contributed by atoms with van der Waals surface area (Å²) in [6.07, 6.45) is 4.93. The molecule has 1 aliphatic heterocycles. The summed E-state index contributed by atoms with van der Waals surface area (Å²) in [5.74, 6) is -2.84. The van der Waals surface area contributed by atoms with Gasteiger partial charge < -0.3 is 20.6 Å². The van der Waals surface area contributed by atoms with Gasteiger partial charge in [-0.2, -0.15) is 0 Å². The maximum Gasteiger partial charge on any atom is 0.247 e. The molecular weight excluding hydrogens is 478 g/mol. The first kappa shape index (κ1) is 25.9. The van der Waals surface area contributed by atoms with E-state index in [2.05, 4.69) is 10.6 Å². The smallest absolute Gasteiger partial charge is 0.247 e. The van der Waals surface area contributed by atoms with Crippen molar-refractivity contribution in [2.75, 3.05) is 19.0 Å². The van der Waals surface area contributed by atoms with Gasteiger partial charge in [0.2, 0.25) is 17.7 Å². The number of fused-ring (bicyclic) bond motifs is 1. The van der Waals surface area contributed by atoms with Crippen molar-refractivity contribution in [2.24, 2.45) is 23.7 Å². The number of hydrogen-bond acceptors (Lipinski definition) is 4. The molecule has 2 aromatic rings. The van der Waals surface area contributed by atoms with Gasteiger partial charge in [-0.3, -0.25) is 14.4 Å². The summed E-state index contributed by atoms with van der Waals surface area (Å²) >= 11 is 6.29. The Morgan fingerprint density at radius 1 is 1.06 bits per heavy atom. The Labute approximate surface area is 216 Å². The van der Waals surface area contributed by atoms with Gasteiger partial charge in [0.05, 0.1) is 35.2 Å². The Morgan fingerprint density at radius 2 is 1.75 bits per heavy atom. The lowest BCUT2D eigenvalue weighted by Gasteiger charge is -2.34. The number of benzene rings is 2. The second-order valence-electron chi connectivity index (χ2n) is 9.39. The van der Waals surface area contributed by atoms with E-state index in [0.717, 1.165) is 5.56 Å². The van der Waals surface area contributed by atoms with Crippen LogP contribution >= 0.6 is 11.6 Å². The van der Waals surface area contributed by atoms with E-state index in [1.165, 1.54) is 4.90 Å². The second-order valence-corrected chi connectivity index (χ2v) is 9.79. The lowest BCUT2D eigenvalue weighted by atomic mass is 9.69. The molecule has 1 aliphatic carbocycles. The van der Waals surface area contributed by atoms with E-state index in [4.69, 9.17) is 11.6 Å². The maximum absolute atomic E-state index is 14.1. The number of allylic oxidation sites excluding steroid dienone is 1. The van der Waals surface area contributed by atoms with Gasteiger partial charge in [-0.15, -0.1) is 0 Å². The van der Waals surface area contributed by atoms with Gasteiger partial charge in [-0.25, -0.2) is 0 Å². The van der Waals surface area contributed by atoms with Gasteiger partial charge in [0.25, 0.3) is 0 Å². The highest BCUT2D eigenvalue weighted by molar-refractivity contribution is 6.33. The normalized spacial score (nSPS) is 25.8. The number of anilines is 1. The number of nitrogens with zero attached hydrogens (tertiary/aromatic N) is 1. The Bertz CT molecular complexity index is 1140. The largest absolute Gasteiger partial charge is 0.394 e. The maximum atomic E-state index is 14.1. The molecule has 1 heterocycles. The number of amides is 3. The van der Waals surface area contributed by atoms with E-state index in [1.807, 2.05) is 49.4 Å². The highest BCUT2D eigenvalue weighted by atomic mass is 35.5. The molecule has 6 atom stereocenters. The summed E-state index contributed by atoms with van der Waals surface area (Å²) in [6.45, 7) is 1.66. The quantitative estimate of drug-likeness (QED) is 0.475. The first-order chi connectivity index (χ1) is 17.4. The Kier molecular flexibility index (Phi) is 8.11. The molecule has 4 rings (SSSR count). The third-order valence-electron chi connectivity index (χ3n) is 7.39. The molecule has 0 aromatic heterocycles. The first-order valence-electron chi connectivity index (χ1n) is 12.3. The molecular formula is C28H32ClN3O4. The number of aliphatic hydroxyl groups excluding tert-OH is 1. The summed E-state index contributed by atoms with van der Waals surface area (Å²) < 4.78 is 0. The SMILES string of the molecule is CC[C@@H]1C=C[C@H]2[C@@H](C(=O)N([C@@H](CO)Cc3ccccc3)[C@@H]2C(=O)Nc2ccccc2Cl)[C@@H]1C(=O)NC. The van der Waals surface area contributed by atoms with Crippen LogP contribution in [0.2, 0.25) is 5.02 Å². The minimum atomic E-state index is -0.902. The fraction of sp³-hybridized carbons (Fsp3) is 0.393. The van der Waals surface area contributed by atoms with Crippen molar-refractivity contribution in [3.63, 3.8) is 0 Å². The van der Waals surface area contributed by atoms with E-state index in [1.54, 1.807) is 31.3 Å². The van der Waals surface area contributed by atoms with Crippen LogP contribution in [-0.4, -0.2) is 53.5 Å². The van der Waals surface area contributed by atoms with Gasteiger partial charge in [0, 0.05) is 13.0 Å². The van der Waals surface area contributed by atoms with Crippen molar-refractivity contribution in [3.8, 4) is 0 Å². The Balaban J connectivity index is 1.76. The molecule has 36 heavy (non-hydrogen) atoms. The van der Waals surface area contributed by atoms with Crippen molar-refractivity contribution < 1.29 is 19.5 Å². The number of likely N-dealkylation sites (tertiary alicyclic amines) is 1. The van der Waals surface area contributed by atoms with Crippen molar-refractivity contribution >= 4 is 35.0 Å². The predicted octanol–water partition coefficient (Wildman–Crippen LogP) is 3.28. The highest BCUT2D eigenvalue weighted by Crippen LogP contribution is 2.46. The number of para-hydroxylation sites is 1. The van der Waals surface area contributed by atoms with Crippen LogP contribution in [0.4, 0.5) is 5.69 Å². The molecule has 3 N–H and O–H groups in total. The van der Waals surface area contributed by atoms with Crippen LogP contribution in [0.1, 0.15) is 18.9 Å². The Hall–Kier alpha value is -3.16. The molecule has 0 spiro atoms. The fourth-order valence-electron chi connectivity index (χ4n) is 5.66. The standard InChI is InChI=1S/C28H32ClN3O4/c1-3-18-13-14-20-24(23(18)26(34)30-2)28(36)32(19(16-33)15-17-9-5-4-6-10-17)25(20)27(35)31-22-12-8-7-11-21(22)29/h4-14,18-20,23-25,33H,3,15-16H2,1-2H3,(H,30,34)(H,31,35)/t18-,19-,20+,23-,24-,25+/m1/s1. The van der Waals surface area contributed by atoms with Crippen LogP contribution in [0.5, 0.6) is 0 Å². The highest BCUT2D eigenvalue weighted by Gasteiger charge is 2.58. The molecule has 0 radical (unpaired) electrons. The molecule has 0 unspecified atom stereocenters. The topological polar surface area (TPSA) is 98.7 Å². The number of halogens is 1. The van der Waals surface area contributed by atoms with Gasteiger partial charge in [0.1, 0.15) is 6.04 Å². The third kappa shape index (κ3) is 4.90. The molecule has 3 amide bonds. The molecule has 2 aliphatic rings. The number of aliphatic hydroxyl groups is 1. The summed E-state index contributed by atoms with van der Waals surface area (Å²) in [7, 11) is 1.56. The molecule has 7 nitrogen and oxygen atoms in total. The minimum absolute atomic E-state index is 0.121. The molecule has 1 saturated heterocycles. The van der Waals surface area contributed by atoms with Crippen LogP contribution in [0, 0.1) is 23.7 Å². The van der Waals surface area contributed by atoms with E-state index in [9.17, 15) is 19.5 Å². The van der Waals surface area contributed by atoms with Gasteiger partial charge in [-0.05, 0) is 36.5 Å². The molecule has 1 fully saturated rings. The van der Waals surface area contributed by atoms with Crippen LogP contribution < -0.4 is 10.6 Å². The van der Waals surface area contributed by atoms with Gasteiger partial charge in [0.15, 0.2) is 0 Å². The number of carbonyl (C=O) groups is 3. The van der Waals surface area contributed by atoms with Crippen molar-refractivity contribution in [3.05, 3.63) is 77.3 Å². The summed E-state index contributed by atoms with van der Waals surface area (Å²) in [5.41, 5.74) is 1.38. The minimum Gasteiger partial charge on any atom is -0.394 e. The summed E-state index contributed by atoms with van der Waals surface area (Å²) in [4.78, 5) is 42.3. The zero-order valence-electron chi connectivity index (χ0n) is 20.4. The van der Waals surface area contributed by atoms with Crippen LogP contribution in [-0.2, 0) is 20.8 Å². The molecule has 2 aromatic carbocycles. The average Bonchev–Trinajstić information content (AvgIpc) is 3.20. The van der Waals surface area contributed by atoms with E-state index < -0.39 is 35.7 Å². The lowest BCUT2D eigenvalue weighted by molar-refractivity contribution is -0.142. The lowest BCUT2D eigenvalue weighted by Crippen LogP contribution is -2.51. The molecule has 0 saturated carbocycles. The number of nitrogens with one attached hydrogen (secondary N) is 2. The predicted molar refractivity (Wildman–Crippen MR) is 139 cm³/mol. The van der Waals surface area contributed by atoms with Crippen molar-refractivity contribution in [1.29, 1.82) is 0 Å². The van der Waals surface area contributed by atoms with E-state index in [-0.39, 0.29) is 24.3 Å². The second kappa shape index (κ2) is 11.3.